The highest BCUT2D eigenvalue weighted by Gasteiger charge is 2.33. The zero-order valence-electron chi connectivity index (χ0n) is 16.8. The third-order valence-electron chi connectivity index (χ3n) is 5.34. The van der Waals surface area contributed by atoms with Crippen LogP contribution in [0, 0.1) is 0 Å². The first-order valence-corrected chi connectivity index (χ1v) is 10.3. The molecule has 2 N–H and O–H groups in total. The van der Waals surface area contributed by atoms with Crippen LogP contribution in [0.1, 0.15) is 70.4 Å². The number of benzene rings is 1. The molecule has 1 aliphatic heterocycles. The maximum atomic E-state index is 13.0. The van der Waals surface area contributed by atoms with Crippen LogP contribution in [-0.2, 0) is 9.53 Å². The number of ether oxygens (including phenoxy) is 2. The van der Waals surface area contributed by atoms with Crippen molar-refractivity contribution >= 4 is 12.0 Å². The highest BCUT2D eigenvalue weighted by atomic mass is 16.5. The highest BCUT2D eigenvalue weighted by Crippen LogP contribution is 2.30. The number of hydrogen-bond donors (Lipinski definition) is 2. The first-order valence-electron chi connectivity index (χ1n) is 10.3. The van der Waals surface area contributed by atoms with Crippen molar-refractivity contribution in [1.82, 2.24) is 10.6 Å². The lowest BCUT2D eigenvalue weighted by Crippen LogP contribution is -2.45. The van der Waals surface area contributed by atoms with E-state index in [0.717, 1.165) is 37.0 Å². The van der Waals surface area contributed by atoms with E-state index in [2.05, 4.69) is 10.6 Å². The number of rotatable bonds is 5. The van der Waals surface area contributed by atoms with Crippen molar-refractivity contribution in [2.45, 2.75) is 70.9 Å². The molecule has 0 unspecified atom stereocenters. The third kappa shape index (κ3) is 5.06. The molecule has 6 nitrogen and oxygen atoms in total. The van der Waals surface area contributed by atoms with Crippen molar-refractivity contribution < 1.29 is 19.1 Å². The molecule has 2 aliphatic rings. The minimum Gasteiger partial charge on any atom is -0.494 e. The molecular weight excluding hydrogens is 356 g/mol. The van der Waals surface area contributed by atoms with Crippen LogP contribution >= 0.6 is 0 Å². The van der Waals surface area contributed by atoms with Gasteiger partial charge in [-0.15, -0.1) is 0 Å². The Bertz CT molecular complexity index is 719. The van der Waals surface area contributed by atoms with Crippen LogP contribution < -0.4 is 15.4 Å². The average molecular weight is 386 g/mol. The molecule has 0 radical (unpaired) electrons. The molecule has 28 heavy (non-hydrogen) atoms. The lowest BCUT2D eigenvalue weighted by Gasteiger charge is -2.29. The summed E-state index contributed by atoms with van der Waals surface area (Å²) in [5, 5.41) is 5.56. The number of urea groups is 1. The highest BCUT2D eigenvalue weighted by molar-refractivity contribution is 5.95. The van der Waals surface area contributed by atoms with Gasteiger partial charge < -0.3 is 20.1 Å². The molecule has 2 amide bonds. The molecule has 1 heterocycles. The van der Waals surface area contributed by atoms with Gasteiger partial charge in [-0.1, -0.05) is 31.4 Å². The van der Waals surface area contributed by atoms with E-state index in [-0.39, 0.29) is 18.1 Å². The maximum Gasteiger partial charge on any atom is 0.338 e. The van der Waals surface area contributed by atoms with Crippen LogP contribution in [0.15, 0.2) is 35.5 Å². The van der Waals surface area contributed by atoms with Gasteiger partial charge in [-0.25, -0.2) is 9.59 Å². The molecule has 0 spiro atoms. The first kappa shape index (κ1) is 20.2. The number of amides is 2. The lowest BCUT2D eigenvalue weighted by atomic mass is 9.95. The summed E-state index contributed by atoms with van der Waals surface area (Å²) in [6, 6.07) is 6.58. The second-order valence-electron chi connectivity index (χ2n) is 7.44. The van der Waals surface area contributed by atoms with Crippen molar-refractivity contribution in [2.24, 2.45) is 0 Å². The van der Waals surface area contributed by atoms with Gasteiger partial charge in [-0.05, 0) is 57.2 Å². The number of esters is 1. The Hall–Kier alpha value is -2.50. The molecule has 3 rings (SSSR count). The van der Waals surface area contributed by atoms with E-state index >= 15 is 0 Å². The van der Waals surface area contributed by atoms with Crippen LogP contribution in [0.2, 0.25) is 0 Å². The normalized spacial score (nSPS) is 21.2. The molecule has 1 saturated carbocycles. The van der Waals surface area contributed by atoms with Crippen molar-refractivity contribution in [3.8, 4) is 5.75 Å². The number of hydrogen-bond acceptors (Lipinski definition) is 4. The molecule has 1 aromatic carbocycles. The standard InChI is InChI=1S/C22H30N2O4/c1-3-27-17-13-11-16(12-14-17)20-19(15(2)23-22(26)24-20)21(25)28-18-9-7-5-4-6-8-10-18/h11-14,18,20H,3-10H2,1-2H3,(H2,23,24,26)/t20-/m1/s1. The van der Waals surface area contributed by atoms with E-state index in [0.29, 0.717) is 17.9 Å². The van der Waals surface area contributed by atoms with Gasteiger partial charge >= 0.3 is 12.0 Å². The Labute approximate surface area is 166 Å². The predicted octanol–water partition coefficient (Wildman–Crippen LogP) is 4.37. The zero-order chi connectivity index (χ0) is 19.9. The zero-order valence-corrected chi connectivity index (χ0v) is 16.8. The maximum absolute atomic E-state index is 13.0. The largest absolute Gasteiger partial charge is 0.494 e. The van der Waals surface area contributed by atoms with Crippen LogP contribution in [0.25, 0.3) is 0 Å². The Morgan fingerprint density at radius 1 is 1.07 bits per heavy atom. The molecule has 152 valence electrons. The van der Waals surface area contributed by atoms with Crippen LogP contribution in [-0.4, -0.2) is 24.7 Å². The predicted molar refractivity (Wildman–Crippen MR) is 107 cm³/mol. The fourth-order valence-electron chi connectivity index (χ4n) is 3.89. The number of carbonyl (C=O) groups is 2. The Kier molecular flexibility index (Phi) is 6.95. The number of allylic oxidation sites excluding steroid dienone is 1. The van der Waals surface area contributed by atoms with Crippen molar-refractivity contribution in [3.05, 3.63) is 41.1 Å². The van der Waals surface area contributed by atoms with Crippen molar-refractivity contribution in [3.63, 3.8) is 0 Å². The molecule has 6 heteroatoms. The van der Waals surface area contributed by atoms with E-state index < -0.39 is 6.04 Å². The van der Waals surface area contributed by atoms with Gasteiger partial charge in [0.1, 0.15) is 11.9 Å². The van der Waals surface area contributed by atoms with Gasteiger partial charge in [0.2, 0.25) is 0 Å². The van der Waals surface area contributed by atoms with Crippen molar-refractivity contribution in [2.75, 3.05) is 6.61 Å². The number of carbonyl (C=O) groups excluding carboxylic acids is 2. The molecule has 0 bridgehead atoms. The summed E-state index contributed by atoms with van der Waals surface area (Å²) in [6.07, 6.45) is 7.61. The summed E-state index contributed by atoms with van der Waals surface area (Å²) < 4.78 is 11.4. The van der Waals surface area contributed by atoms with E-state index in [1.165, 1.54) is 19.3 Å². The van der Waals surface area contributed by atoms with E-state index in [9.17, 15) is 9.59 Å². The molecule has 1 aliphatic carbocycles. The number of nitrogens with one attached hydrogen (secondary N) is 2. The molecule has 0 aromatic heterocycles. The van der Waals surface area contributed by atoms with Gasteiger partial charge in [0.15, 0.2) is 0 Å². The Morgan fingerprint density at radius 3 is 2.36 bits per heavy atom. The van der Waals surface area contributed by atoms with E-state index in [1.807, 2.05) is 31.2 Å². The van der Waals surface area contributed by atoms with Gasteiger partial charge in [0, 0.05) is 5.70 Å². The van der Waals surface area contributed by atoms with Gasteiger partial charge in [-0.3, -0.25) is 0 Å². The van der Waals surface area contributed by atoms with Crippen LogP contribution in [0.4, 0.5) is 4.79 Å². The fourth-order valence-corrected chi connectivity index (χ4v) is 3.89. The summed E-state index contributed by atoms with van der Waals surface area (Å²) in [5.41, 5.74) is 1.83. The summed E-state index contributed by atoms with van der Waals surface area (Å²) in [6.45, 7) is 4.26. The van der Waals surface area contributed by atoms with Crippen molar-refractivity contribution in [1.29, 1.82) is 0 Å². The average Bonchev–Trinajstić information content (AvgIpc) is 2.64. The fraction of sp³-hybridized carbons (Fsp3) is 0.545. The van der Waals surface area contributed by atoms with Gasteiger partial charge in [0.05, 0.1) is 18.2 Å². The molecule has 0 saturated heterocycles. The Morgan fingerprint density at radius 2 is 1.71 bits per heavy atom. The van der Waals surface area contributed by atoms with Gasteiger partial charge in [0.25, 0.3) is 0 Å². The molecule has 1 aromatic rings. The quantitative estimate of drug-likeness (QED) is 0.737. The third-order valence-corrected chi connectivity index (χ3v) is 5.34. The van der Waals surface area contributed by atoms with E-state index in [4.69, 9.17) is 9.47 Å². The topological polar surface area (TPSA) is 76.7 Å². The summed E-state index contributed by atoms with van der Waals surface area (Å²) in [4.78, 5) is 25.1. The van der Waals surface area contributed by atoms with Crippen LogP contribution in [0.3, 0.4) is 0 Å². The molecular formula is C22H30N2O4. The molecule has 1 atom stereocenters. The van der Waals surface area contributed by atoms with Gasteiger partial charge in [-0.2, -0.15) is 0 Å². The lowest BCUT2D eigenvalue weighted by molar-refractivity contribution is -0.145. The molecule has 1 fully saturated rings. The Balaban J connectivity index is 1.79. The second-order valence-corrected chi connectivity index (χ2v) is 7.44. The second kappa shape index (κ2) is 9.62. The SMILES string of the molecule is CCOc1ccc([C@H]2NC(=O)NC(C)=C2C(=O)OC2CCCCCCC2)cc1. The minimum atomic E-state index is -0.537. The van der Waals surface area contributed by atoms with E-state index in [1.54, 1.807) is 6.92 Å². The smallest absolute Gasteiger partial charge is 0.338 e. The first-order chi connectivity index (χ1) is 13.6. The summed E-state index contributed by atoms with van der Waals surface area (Å²) in [7, 11) is 0. The van der Waals surface area contributed by atoms with Crippen LogP contribution in [0.5, 0.6) is 5.75 Å². The minimum absolute atomic E-state index is 0.0493. The summed E-state index contributed by atoms with van der Waals surface area (Å²) >= 11 is 0. The monoisotopic (exact) mass is 386 g/mol. The summed E-state index contributed by atoms with van der Waals surface area (Å²) in [5.74, 6) is 0.403.